The summed E-state index contributed by atoms with van der Waals surface area (Å²) < 4.78 is 11.0. The van der Waals surface area contributed by atoms with E-state index in [1.165, 1.54) is 4.88 Å². The minimum absolute atomic E-state index is 0. The molecule has 6 nitrogen and oxygen atoms in total. The number of rotatable bonds is 9. The summed E-state index contributed by atoms with van der Waals surface area (Å²) in [4.78, 5) is 10.5. The van der Waals surface area contributed by atoms with Gasteiger partial charge in [0, 0.05) is 24.4 Å². The van der Waals surface area contributed by atoms with Crippen molar-refractivity contribution in [1.29, 1.82) is 0 Å². The van der Waals surface area contributed by atoms with Gasteiger partial charge in [0.05, 0.1) is 31.0 Å². The standard InChI is InChI=1S/C20H30N4O2S.HI/c1-6-21-20(22-11-10-19-24-14(3)15(4)27-19)23-13-16-8-9-17(26-7-2)18(12-16)25-5;/h8-9,12H,6-7,10-11,13H2,1-5H3,(H2,21,22,23);1H. The van der Waals surface area contributed by atoms with Gasteiger partial charge >= 0.3 is 0 Å². The highest BCUT2D eigenvalue weighted by molar-refractivity contribution is 14.0. The number of nitrogens with zero attached hydrogens (tertiary/aromatic N) is 2. The maximum Gasteiger partial charge on any atom is 0.191 e. The van der Waals surface area contributed by atoms with Gasteiger partial charge in [-0.3, -0.25) is 0 Å². The van der Waals surface area contributed by atoms with Crippen LogP contribution in [0, 0.1) is 13.8 Å². The molecule has 0 radical (unpaired) electrons. The number of thiazole rings is 1. The number of aliphatic imine (C=N–C) groups is 1. The molecule has 0 unspecified atom stereocenters. The van der Waals surface area contributed by atoms with Crippen LogP contribution in [0.3, 0.4) is 0 Å². The Bertz CT molecular complexity index is 745. The molecule has 0 saturated carbocycles. The molecule has 1 heterocycles. The lowest BCUT2D eigenvalue weighted by molar-refractivity contribution is 0.310. The van der Waals surface area contributed by atoms with Crippen molar-refractivity contribution in [3.05, 3.63) is 39.3 Å². The Morgan fingerprint density at radius 1 is 1.18 bits per heavy atom. The van der Waals surface area contributed by atoms with Crippen LogP contribution in [-0.4, -0.2) is 37.7 Å². The summed E-state index contributed by atoms with van der Waals surface area (Å²) in [6.07, 6.45) is 0.890. The number of methoxy groups -OCH3 is 1. The summed E-state index contributed by atoms with van der Waals surface area (Å²) in [5, 5.41) is 7.82. The van der Waals surface area contributed by atoms with Crippen molar-refractivity contribution in [2.75, 3.05) is 26.8 Å². The highest BCUT2D eigenvalue weighted by atomic mass is 127. The van der Waals surface area contributed by atoms with Crippen molar-refractivity contribution in [3.63, 3.8) is 0 Å². The Hall–Kier alpha value is -1.55. The van der Waals surface area contributed by atoms with E-state index in [2.05, 4.69) is 41.4 Å². The van der Waals surface area contributed by atoms with Gasteiger partial charge in [0.2, 0.25) is 0 Å². The monoisotopic (exact) mass is 518 g/mol. The zero-order chi connectivity index (χ0) is 19.6. The maximum atomic E-state index is 5.56. The van der Waals surface area contributed by atoms with Crippen LogP contribution in [0.1, 0.15) is 35.0 Å². The van der Waals surface area contributed by atoms with Crippen molar-refractivity contribution in [2.24, 2.45) is 4.99 Å². The molecule has 1 aromatic carbocycles. The van der Waals surface area contributed by atoms with Gasteiger partial charge in [0.25, 0.3) is 0 Å². The van der Waals surface area contributed by atoms with E-state index in [1.54, 1.807) is 18.4 Å². The van der Waals surface area contributed by atoms with Crippen LogP contribution in [0.25, 0.3) is 0 Å². The molecule has 0 amide bonds. The lowest BCUT2D eigenvalue weighted by Gasteiger charge is -2.12. The number of guanidine groups is 1. The average Bonchev–Trinajstić information content (AvgIpc) is 2.98. The average molecular weight is 518 g/mol. The van der Waals surface area contributed by atoms with Gasteiger partial charge in [0.1, 0.15) is 0 Å². The lowest BCUT2D eigenvalue weighted by Crippen LogP contribution is -2.38. The van der Waals surface area contributed by atoms with Gasteiger partial charge in [-0.2, -0.15) is 0 Å². The fraction of sp³-hybridized carbons (Fsp3) is 0.500. The zero-order valence-electron chi connectivity index (χ0n) is 17.3. The third kappa shape index (κ3) is 7.46. The third-order valence-corrected chi connectivity index (χ3v) is 5.13. The van der Waals surface area contributed by atoms with Crippen molar-refractivity contribution in [1.82, 2.24) is 15.6 Å². The number of ether oxygens (including phenoxy) is 2. The van der Waals surface area contributed by atoms with Crippen molar-refractivity contribution in [2.45, 2.75) is 40.7 Å². The molecule has 1 aromatic heterocycles. The van der Waals surface area contributed by atoms with Crippen molar-refractivity contribution in [3.8, 4) is 11.5 Å². The van der Waals surface area contributed by atoms with Crippen LogP contribution < -0.4 is 20.1 Å². The van der Waals surface area contributed by atoms with E-state index < -0.39 is 0 Å². The molecule has 2 aromatic rings. The number of aryl methyl sites for hydroxylation is 2. The van der Waals surface area contributed by atoms with Gasteiger partial charge < -0.3 is 20.1 Å². The Morgan fingerprint density at radius 2 is 1.96 bits per heavy atom. The van der Waals surface area contributed by atoms with Crippen LogP contribution in [-0.2, 0) is 13.0 Å². The number of hydrogen-bond acceptors (Lipinski definition) is 5. The summed E-state index contributed by atoms with van der Waals surface area (Å²) in [5.74, 6) is 2.29. The van der Waals surface area contributed by atoms with Crippen LogP contribution in [0.4, 0.5) is 0 Å². The molecule has 0 aliphatic heterocycles. The van der Waals surface area contributed by atoms with Crippen LogP contribution in [0.15, 0.2) is 23.2 Å². The normalized spacial score (nSPS) is 11.0. The molecule has 0 fully saturated rings. The predicted molar refractivity (Wildman–Crippen MR) is 128 cm³/mol. The van der Waals surface area contributed by atoms with E-state index >= 15 is 0 Å². The molecular weight excluding hydrogens is 487 g/mol. The lowest BCUT2D eigenvalue weighted by atomic mass is 10.2. The van der Waals surface area contributed by atoms with E-state index in [-0.39, 0.29) is 24.0 Å². The fourth-order valence-electron chi connectivity index (χ4n) is 2.53. The molecule has 0 saturated heterocycles. The topological polar surface area (TPSA) is 67.8 Å². The molecule has 0 aliphatic carbocycles. The largest absolute Gasteiger partial charge is 0.493 e. The van der Waals surface area contributed by atoms with Gasteiger partial charge in [-0.05, 0) is 45.4 Å². The summed E-state index contributed by atoms with van der Waals surface area (Å²) in [7, 11) is 1.65. The number of nitrogens with one attached hydrogen (secondary N) is 2. The van der Waals surface area contributed by atoms with Gasteiger partial charge in [-0.25, -0.2) is 9.98 Å². The van der Waals surface area contributed by atoms with E-state index in [9.17, 15) is 0 Å². The molecule has 156 valence electrons. The highest BCUT2D eigenvalue weighted by Crippen LogP contribution is 2.28. The van der Waals surface area contributed by atoms with Gasteiger partial charge in [0.15, 0.2) is 17.5 Å². The summed E-state index contributed by atoms with van der Waals surface area (Å²) in [6.45, 7) is 11.0. The molecular formula is C20H31IN4O2S. The molecule has 0 atom stereocenters. The smallest absolute Gasteiger partial charge is 0.191 e. The minimum atomic E-state index is 0. The molecule has 2 N–H and O–H groups in total. The van der Waals surface area contributed by atoms with Crippen LogP contribution >= 0.6 is 35.3 Å². The Labute approximate surface area is 189 Å². The first kappa shape index (κ1) is 24.5. The van der Waals surface area contributed by atoms with Crippen molar-refractivity contribution < 1.29 is 9.47 Å². The maximum absolute atomic E-state index is 5.56. The fourth-order valence-corrected chi connectivity index (χ4v) is 3.46. The molecule has 0 spiro atoms. The second kappa shape index (κ2) is 12.8. The second-order valence-electron chi connectivity index (χ2n) is 6.04. The van der Waals surface area contributed by atoms with E-state index in [4.69, 9.17) is 9.47 Å². The van der Waals surface area contributed by atoms with E-state index in [1.807, 2.05) is 25.1 Å². The van der Waals surface area contributed by atoms with Crippen molar-refractivity contribution >= 4 is 41.3 Å². The molecule has 0 aliphatic rings. The van der Waals surface area contributed by atoms with Crippen LogP contribution in [0.5, 0.6) is 11.5 Å². The predicted octanol–water partition coefficient (Wildman–Crippen LogP) is 4.08. The molecule has 0 bridgehead atoms. The number of hydrogen-bond donors (Lipinski definition) is 2. The van der Waals surface area contributed by atoms with Gasteiger partial charge in [-0.1, -0.05) is 6.07 Å². The first-order valence-corrected chi connectivity index (χ1v) is 10.1. The number of benzene rings is 1. The number of aromatic nitrogens is 1. The second-order valence-corrected chi connectivity index (χ2v) is 7.33. The third-order valence-electron chi connectivity index (χ3n) is 4.00. The first-order chi connectivity index (χ1) is 13.1. The quantitative estimate of drug-likeness (QED) is 0.298. The highest BCUT2D eigenvalue weighted by Gasteiger charge is 2.06. The molecule has 8 heteroatoms. The van der Waals surface area contributed by atoms with Gasteiger partial charge in [-0.15, -0.1) is 35.3 Å². The summed E-state index contributed by atoms with van der Waals surface area (Å²) in [5.41, 5.74) is 2.19. The Kier molecular flexibility index (Phi) is 11.2. The van der Waals surface area contributed by atoms with E-state index in [0.717, 1.165) is 53.2 Å². The molecule has 28 heavy (non-hydrogen) atoms. The summed E-state index contributed by atoms with van der Waals surface area (Å²) >= 11 is 1.76. The number of halogens is 1. The Balaban J connectivity index is 0.00000392. The zero-order valence-corrected chi connectivity index (χ0v) is 20.4. The molecule has 2 rings (SSSR count). The Morgan fingerprint density at radius 3 is 2.57 bits per heavy atom. The first-order valence-electron chi connectivity index (χ1n) is 9.32. The van der Waals surface area contributed by atoms with E-state index in [0.29, 0.717) is 13.2 Å². The minimum Gasteiger partial charge on any atom is -0.493 e. The SMILES string of the molecule is CCNC(=NCc1ccc(OCC)c(OC)c1)NCCc1nc(C)c(C)s1.I. The summed E-state index contributed by atoms with van der Waals surface area (Å²) in [6, 6.07) is 5.92. The van der Waals surface area contributed by atoms with Crippen LogP contribution in [0.2, 0.25) is 0 Å².